The highest BCUT2D eigenvalue weighted by molar-refractivity contribution is 5.78. The van der Waals surface area contributed by atoms with Crippen LogP contribution in [0.3, 0.4) is 0 Å². The number of rotatable bonds is 5. The fourth-order valence-electron chi connectivity index (χ4n) is 2.85. The van der Waals surface area contributed by atoms with Gasteiger partial charge in [-0.15, -0.1) is 0 Å². The Balaban J connectivity index is 1.56. The van der Waals surface area contributed by atoms with E-state index >= 15 is 0 Å². The summed E-state index contributed by atoms with van der Waals surface area (Å²) in [6, 6.07) is 6.23. The number of carbonyl (C=O) groups excluding carboxylic acids is 1. The molecule has 3 rings (SSSR count). The predicted octanol–water partition coefficient (Wildman–Crippen LogP) is 1.56. The van der Waals surface area contributed by atoms with Crippen molar-refractivity contribution in [2.24, 2.45) is 0 Å². The Morgan fingerprint density at radius 3 is 3.00 bits per heavy atom. The minimum absolute atomic E-state index is 0.257. The van der Waals surface area contributed by atoms with Crippen molar-refractivity contribution in [3.8, 4) is 11.5 Å². The highest BCUT2D eigenvalue weighted by Crippen LogP contribution is 2.33. The molecule has 0 radical (unpaired) electrons. The summed E-state index contributed by atoms with van der Waals surface area (Å²) in [4.78, 5) is 13.6. The van der Waals surface area contributed by atoms with Crippen LogP contribution in [-0.2, 0) is 11.3 Å². The average Bonchev–Trinajstić information content (AvgIpc) is 2.90. The van der Waals surface area contributed by atoms with Gasteiger partial charge in [-0.2, -0.15) is 0 Å². The van der Waals surface area contributed by atoms with E-state index in [-0.39, 0.29) is 11.9 Å². The average molecular weight is 290 g/mol. The molecular weight excluding hydrogens is 268 g/mol. The second kappa shape index (κ2) is 6.35. The van der Waals surface area contributed by atoms with Crippen molar-refractivity contribution >= 4 is 5.91 Å². The molecule has 0 saturated carbocycles. The van der Waals surface area contributed by atoms with Crippen molar-refractivity contribution in [2.45, 2.75) is 32.4 Å². The van der Waals surface area contributed by atoms with Crippen LogP contribution in [0.2, 0.25) is 0 Å². The van der Waals surface area contributed by atoms with Gasteiger partial charge in [0.25, 0.3) is 0 Å². The fraction of sp³-hybridized carbons (Fsp3) is 0.562. The van der Waals surface area contributed by atoms with Crippen LogP contribution in [0, 0.1) is 0 Å². The summed E-state index contributed by atoms with van der Waals surface area (Å²) >= 11 is 0. The number of para-hydroxylation sites is 1. The minimum atomic E-state index is 0.257. The molecule has 1 unspecified atom stereocenters. The first-order chi connectivity index (χ1) is 10.2. The van der Waals surface area contributed by atoms with Crippen LogP contribution in [0.4, 0.5) is 0 Å². The van der Waals surface area contributed by atoms with E-state index in [0.29, 0.717) is 19.6 Å². The number of likely N-dealkylation sites (tertiary alicyclic amines) is 1. The van der Waals surface area contributed by atoms with Gasteiger partial charge in [0, 0.05) is 37.7 Å². The molecule has 1 aromatic carbocycles. The zero-order chi connectivity index (χ0) is 14.7. The van der Waals surface area contributed by atoms with Crippen molar-refractivity contribution < 1.29 is 14.3 Å². The number of hydrogen-bond donors (Lipinski definition) is 1. The monoisotopic (exact) mass is 290 g/mol. The fourth-order valence-corrected chi connectivity index (χ4v) is 2.85. The van der Waals surface area contributed by atoms with Gasteiger partial charge in [0.2, 0.25) is 5.91 Å². The van der Waals surface area contributed by atoms with Gasteiger partial charge in [-0.25, -0.2) is 0 Å². The van der Waals surface area contributed by atoms with Crippen LogP contribution in [0.5, 0.6) is 11.5 Å². The molecule has 1 aromatic rings. The van der Waals surface area contributed by atoms with Crippen molar-refractivity contribution in [3.05, 3.63) is 23.8 Å². The molecule has 1 fully saturated rings. The van der Waals surface area contributed by atoms with Crippen LogP contribution >= 0.6 is 0 Å². The maximum atomic E-state index is 11.6. The molecule has 1 N–H and O–H groups in total. The third kappa shape index (κ3) is 3.29. The first kappa shape index (κ1) is 14.2. The second-order valence-electron chi connectivity index (χ2n) is 5.67. The lowest BCUT2D eigenvalue weighted by Crippen LogP contribution is -2.39. The Morgan fingerprint density at radius 2 is 2.19 bits per heavy atom. The summed E-state index contributed by atoms with van der Waals surface area (Å²) in [5, 5.41) is 3.47. The Bertz CT molecular complexity index is 518. The molecule has 0 aliphatic carbocycles. The summed E-state index contributed by atoms with van der Waals surface area (Å²) < 4.78 is 11.3. The molecular formula is C16H22N2O3. The lowest BCUT2D eigenvalue weighted by molar-refractivity contribution is -0.127. The predicted molar refractivity (Wildman–Crippen MR) is 79.5 cm³/mol. The van der Waals surface area contributed by atoms with Gasteiger partial charge in [-0.1, -0.05) is 12.1 Å². The number of carbonyl (C=O) groups is 1. The van der Waals surface area contributed by atoms with Gasteiger partial charge in [0.15, 0.2) is 11.5 Å². The van der Waals surface area contributed by atoms with Gasteiger partial charge < -0.3 is 19.7 Å². The van der Waals surface area contributed by atoms with E-state index in [2.05, 4.69) is 12.2 Å². The number of nitrogens with zero attached hydrogens (tertiary/aromatic N) is 1. The summed E-state index contributed by atoms with van der Waals surface area (Å²) in [6.07, 6.45) is 1.69. The molecule has 2 aliphatic rings. The second-order valence-corrected chi connectivity index (χ2v) is 5.67. The van der Waals surface area contributed by atoms with E-state index in [4.69, 9.17) is 9.47 Å². The van der Waals surface area contributed by atoms with Crippen molar-refractivity contribution in [3.63, 3.8) is 0 Å². The van der Waals surface area contributed by atoms with Crippen LogP contribution in [0.25, 0.3) is 0 Å². The van der Waals surface area contributed by atoms with Gasteiger partial charge in [-0.05, 0) is 19.4 Å². The lowest BCUT2D eigenvalue weighted by Gasteiger charge is -2.24. The Kier molecular flexibility index (Phi) is 4.29. The zero-order valence-electron chi connectivity index (χ0n) is 12.4. The first-order valence-corrected chi connectivity index (χ1v) is 7.62. The molecule has 2 heterocycles. The van der Waals surface area contributed by atoms with Crippen molar-refractivity contribution in [2.75, 3.05) is 26.3 Å². The molecule has 21 heavy (non-hydrogen) atoms. The largest absolute Gasteiger partial charge is 0.486 e. The summed E-state index contributed by atoms with van der Waals surface area (Å²) in [7, 11) is 0. The van der Waals surface area contributed by atoms with Gasteiger partial charge >= 0.3 is 0 Å². The van der Waals surface area contributed by atoms with Crippen LogP contribution in [0.15, 0.2) is 18.2 Å². The van der Waals surface area contributed by atoms with E-state index in [9.17, 15) is 4.79 Å². The number of amides is 1. The lowest BCUT2D eigenvalue weighted by atomic mass is 10.1. The molecule has 0 bridgehead atoms. The van der Waals surface area contributed by atoms with E-state index in [1.54, 1.807) is 0 Å². The van der Waals surface area contributed by atoms with Crippen LogP contribution in [-0.4, -0.2) is 43.2 Å². The molecule has 5 nitrogen and oxygen atoms in total. The molecule has 1 amide bonds. The van der Waals surface area contributed by atoms with Gasteiger partial charge in [0.1, 0.15) is 13.2 Å². The maximum absolute atomic E-state index is 11.6. The Hall–Kier alpha value is -1.75. The third-order valence-electron chi connectivity index (χ3n) is 3.95. The molecule has 0 spiro atoms. The zero-order valence-corrected chi connectivity index (χ0v) is 12.4. The summed E-state index contributed by atoms with van der Waals surface area (Å²) in [5.74, 6) is 1.95. The van der Waals surface area contributed by atoms with E-state index in [1.165, 1.54) is 0 Å². The molecule has 1 atom stereocenters. The standard InChI is InChI=1S/C16H22N2O3/c1-12(11-18-7-3-6-15(18)19)17-10-13-4-2-5-14-16(13)21-9-8-20-14/h2,4-5,12,17H,3,6-11H2,1H3. The topological polar surface area (TPSA) is 50.8 Å². The summed E-state index contributed by atoms with van der Waals surface area (Å²) in [5.41, 5.74) is 1.10. The number of fused-ring (bicyclic) bond motifs is 1. The summed E-state index contributed by atoms with van der Waals surface area (Å²) in [6.45, 7) is 5.70. The van der Waals surface area contributed by atoms with Crippen LogP contribution < -0.4 is 14.8 Å². The van der Waals surface area contributed by atoms with E-state index in [1.807, 2.05) is 23.1 Å². The van der Waals surface area contributed by atoms with E-state index in [0.717, 1.165) is 43.1 Å². The van der Waals surface area contributed by atoms with Gasteiger partial charge in [0.05, 0.1) is 0 Å². The highest BCUT2D eigenvalue weighted by Gasteiger charge is 2.22. The molecule has 114 valence electrons. The maximum Gasteiger partial charge on any atom is 0.222 e. The molecule has 1 saturated heterocycles. The molecule has 0 aromatic heterocycles. The van der Waals surface area contributed by atoms with Crippen molar-refractivity contribution in [1.82, 2.24) is 10.2 Å². The number of ether oxygens (including phenoxy) is 2. The SMILES string of the molecule is CC(CN1CCCC1=O)NCc1cccc2c1OCCO2. The highest BCUT2D eigenvalue weighted by atomic mass is 16.6. The van der Waals surface area contributed by atoms with Gasteiger partial charge in [-0.3, -0.25) is 4.79 Å². The quantitative estimate of drug-likeness (QED) is 0.894. The molecule has 2 aliphatic heterocycles. The smallest absolute Gasteiger partial charge is 0.222 e. The first-order valence-electron chi connectivity index (χ1n) is 7.62. The van der Waals surface area contributed by atoms with Crippen LogP contribution in [0.1, 0.15) is 25.3 Å². The number of nitrogens with one attached hydrogen (secondary N) is 1. The normalized spacial score (nSPS) is 18.9. The third-order valence-corrected chi connectivity index (χ3v) is 3.95. The van der Waals surface area contributed by atoms with Crippen molar-refractivity contribution in [1.29, 1.82) is 0 Å². The Morgan fingerprint density at radius 1 is 1.33 bits per heavy atom. The van der Waals surface area contributed by atoms with E-state index < -0.39 is 0 Å². The number of hydrogen-bond acceptors (Lipinski definition) is 4. The molecule has 5 heteroatoms. The number of benzene rings is 1. The minimum Gasteiger partial charge on any atom is -0.486 e. The Labute approximate surface area is 125 Å².